The van der Waals surface area contributed by atoms with E-state index in [0.29, 0.717) is 29.3 Å². The van der Waals surface area contributed by atoms with Gasteiger partial charge in [-0.3, -0.25) is 14.3 Å². The Morgan fingerprint density at radius 1 is 1.25 bits per heavy atom. The van der Waals surface area contributed by atoms with Gasteiger partial charge in [0.15, 0.2) is 0 Å². The predicted octanol–water partition coefficient (Wildman–Crippen LogP) is 1.52. The first-order chi connectivity index (χ1) is 13.7. The van der Waals surface area contributed by atoms with Crippen molar-refractivity contribution < 1.29 is 9.84 Å². The second kappa shape index (κ2) is 8.04. The Kier molecular flexibility index (Phi) is 5.31. The van der Waals surface area contributed by atoms with Crippen LogP contribution in [-0.2, 0) is 13.1 Å². The molecule has 1 aliphatic heterocycles. The monoisotopic (exact) mass is 381 g/mol. The van der Waals surface area contributed by atoms with Gasteiger partial charge in [0.25, 0.3) is 5.56 Å². The molecular weight excluding hydrogens is 358 g/mol. The van der Waals surface area contributed by atoms with Gasteiger partial charge in [-0.1, -0.05) is 12.1 Å². The molecule has 0 bridgehead atoms. The minimum absolute atomic E-state index is 0.00943. The normalized spacial score (nSPS) is 17.3. The molecule has 1 aliphatic rings. The molecule has 0 spiro atoms. The predicted molar refractivity (Wildman–Crippen MR) is 104 cm³/mol. The molecule has 146 valence electrons. The lowest BCUT2D eigenvalue weighted by atomic mass is 10.1. The number of para-hydroxylation sites is 1. The molecule has 1 N–H and O–H groups in total. The van der Waals surface area contributed by atoms with Crippen LogP contribution in [0.2, 0.25) is 0 Å². The molecule has 0 radical (unpaired) electrons. The zero-order chi connectivity index (χ0) is 19.5. The number of aromatic nitrogens is 4. The minimum atomic E-state index is -0.108. The molecule has 2 aromatic heterocycles. The van der Waals surface area contributed by atoms with E-state index in [2.05, 4.69) is 14.9 Å². The smallest absolute Gasteiger partial charge is 0.316 e. The molecule has 0 aliphatic carbocycles. The van der Waals surface area contributed by atoms with Crippen LogP contribution in [0, 0.1) is 0 Å². The molecule has 1 unspecified atom stereocenters. The second-order valence-electron chi connectivity index (χ2n) is 6.83. The zero-order valence-corrected chi connectivity index (χ0v) is 15.8. The standard InChI is InChI=1S/C20H23N5O3/c1-28-20-21-9-8-14(22-20)13-24-10-4-7-17(24)18-23-16-6-3-2-5-15(16)19(27)25(18)11-12-26/h2-3,5-6,8-9,17,26H,4,7,10-13H2,1H3. The lowest BCUT2D eigenvalue weighted by molar-refractivity contribution is 0.220. The summed E-state index contributed by atoms with van der Waals surface area (Å²) in [6.45, 7) is 1.63. The number of likely N-dealkylation sites (tertiary alicyclic amines) is 1. The number of aliphatic hydroxyl groups excluding tert-OH is 1. The summed E-state index contributed by atoms with van der Waals surface area (Å²) in [5.74, 6) is 0.705. The Balaban J connectivity index is 1.73. The summed E-state index contributed by atoms with van der Waals surface area (Å²) >= 11 is 0. The van der Waals surface area contributed by atoms with Crippen LogP contribution in [0.4, 0.5) is 0 Å². The Hall–Kier alpha value is -2.84. The number of aliphatic hydroxyl groups is 1. The van der Waals surface area contributed by atoms with E-state index in [1.807, 2.05) is 24.3 Å². The summed E-state index contributed by atoms with van der Waals surface area (Å²) in [4.78, 5) is 28.5. The quantitative estimate of drug-likeness (QED) is 0.692. The average Bonchev–Trinajstić information content (AvgIpc) is 3.18. The third-order valence-corrected chi connectivity index (χ3v) is 5.12. The lowest BCUT2D eigenvalue weighted by Crippen LogP contribution is -2.33. The van der Waals surface area contributed by atoms with Crippen LogP contribution in [0.5, 0.6) is 6.01 Å². The van der Waals surface area contributed by atoms with Crippen LogP contribution < -0.4 is 10.3 Å². The molecule has 8 heteroatoms. The Labute approximate surface area is 162 Å². The highest BCUT2D eigenvalue weighted by molar-refractivity contribution is 5.77. The minimum Gasteiger partial charge on any atom is -0.467 e. The van der Waals surface area contributed by atoms with Crippen molar-refractivity contribution in [2.24, 2.45) is 0 Å². The van der Waals surface area contributed by atoms with Gasteiger partial charge in [0.1, 0.15) is 5.82 Å². The van der Waals surface area contributed by atoms with E-state index in [9.17, 15) is 9.90 Å². The average molecular weight is 381 g/mol. The summed E-state index contributed by atoms with van der Waals surface area (Å²) in [7, 11) is 1.55. The molecule has 0 saturated carbocycles. The SMILES string of the molecule is COc1nccc(CN2CCCC2c2nc3ccccc3c(=O)n2CCO)n1. The molecule has 0 amide bonds. The second-order valence-corrected chi connectivity index (χ2v) is 6.83. The molecule has 1 aromatic carbocycles. The molecule has 4 rings (SSSR count). The number of ether oxygens (including phenoxy) is 1. The number of benzene rings is 1. The third kappa shape index (κ3) is 3.48. The maximum Gasteiger partial charge on any atom is 0.316 e. The van der Waals surface area contributed by atoms with Gasteiger partial charge in [0.2, 0.25) is 0 Å². The number of hydrogen-bond acceptors (Lipinski definition) is 7. The van der Waals surface area contributed by atoms with Gasteiger partial charge in [0, 0.05) is 12.7 Å². The first-order valence-corrected chi connectivity index (χ1v) is 9.41. The number of methoxy groups -OCH3 is 1. The first-order valence-electron chi connectivity index (χ1n) is 9.41. The Bertz CT molecular complexity index is 1040. The van der Waals surface area contributed by atoms with Crippen molar-refractivity contribution in [2.45, 2.75) is 32.0 Å². The first kappa shape index (κ1) is 18.5. The van der Waals surface area contributed by atoms with E-state index in [0.717, 1.165) is 25.1 Å². The van der Waals surface area contributed by atoms with Crippen molar-refractivity contribution in [3.63, 3.8) is 0 Å². The van der Waals surface area contributed by atoms with E-state index in [1.165, 1.54) is 0 Å². The van der Waals surface area contributed by atoms with Gasteiger partial charge in [0.05, 0.1) is 42.9 Å². The van der Waals surface area contributed by atoms with E-state index >= 15 is 0 Å². The fourth-order valence-electron chi connectivity index (χ4n) is 3.83. The molecule has 1 atom stereocenters. The zero-order valence-electron chi connectivity index (χ0n) is 15.8. The van der Waals surface area contributed by atoms with Crippen molar-refractivity contribution in [2.75, 3.05) is 20.3 Å². The van der Waals surface area contributed by atoms with Crippen LogP contribution in [0.25, 0.3) is 10.9 Å². The molecule has 3 heterocycles. The van der Waals surface area contributed by atoms with E-state index in [1.54, 1.807) is 23.9 Å². The van der Waals surface area contributed by atoms with Gasteiger partial charge < -0.3 is 9.84 Å². The molecule has 1 saturated heterocycles. The van der Waals surface area contributed by atoms with Crippen LogP contribution in [0.1, 0.15) is 30.4 Å². The summed E-state index contributed by atoms with van der Waals surface area (Å²) in [5, 5.41) is 10.1. The summed E-state index contributed by atoms with van der Waals surface area (Å²) in [5.41, 5.74) is 1.44. The van der Waals surface area contributed by atoms with Crippen LogP contribution >= 0.6 is 0 Å². The molecule has 8 nitrogen and oxygen atoms in total. The van der Waals surface area contributed by atoms with Crippen molar-refractivity contribution in [1.82, 2.24) is 24.4 Å². The summed E-state index contributed by atoms with van der Waals surface area (Å²) < 4.78 is 6.74. The van der Waals surface area contributed by atoms with Crippen molar-refractivity contribution in [3.05, 3.63) is 58.4 Å². The van der Waals surface area contributed by atoms with Gasteiger partial charge in [-0.25, -0.2) is 9.97 Å². The van der Waals surface area contributed by atoms with E-state index in [4.69, 9.17) is 9.72 Å². The highest BCUT2D eigenvalue weighted by Crippen LogP contribution is 2.32. The summed E-state index contributed by atoms with van der Waals surface area (Å²) in [6.07, 6.45) is 3.59. The lowest BCUT2D eigenvalue weighted by Gasteiger charge is -2.26. The Morgan fingerprint density at radius 3 is 2.93 bits per heavy atom. The van der Waals surface area contributed by atoms with Crippen molar-refractivity contribution in [3.8, 4) is 6.01 Å². The number of rotatable bonds is 6. The Morgan fingerprint density at radius 2 is 2.11 bits per heavy atom. The largest absolute Gasteiger partial charge is 0.467 e. The maximum atomic E-state index is 13.0. The van der Waals surface area contributed by atoms with Crippen LogP contribution in [0.3, 0.4) is 0 Å². The van der Waals surface area contributed by atoms with Gasteiger partial charge in [-0.2, -0.15) is 4.98 Å². The fourth-order valence-corrected chi connectivity index (χ4v) is 3.83. The molecule has 3 aromatic rings. The van der Waals surface area contributed by atoms with Gasteiger partial charge in [-0.15, -0.1) is 0 Å². The number of hydrogen-bond donors (Lipinski definition) is 1. The molecular formula is C20H23N5O3. The molecule has 1 fully saturated rings. The maximum absolute atomic E-state index is 13.0. The fraction of sp³-hybridized carbons (Fsp3) is 0.400. The third-order valence-electron chi connectivity index (χ3n) is 5.12. The summed E-state index contributed by atoms with van der Waals surface area (Å²) in [6, 6.07) is 9.55. The number of nitrogens with zero attached hydrogens (tertiary/aromatic N) is 5. The van der Waals surface area contributed by atoms with Crippen LogP contribution in [-0.4, -0.2) is 49.8 Å². The van der Waals surface area contributed by atoms with E-state index in [-0.39, 0.29) is 24.8 Å². The van der Waals surface area contributed by atoms with Crippen LogP contribution in [0.15, 0.2) is 41.3 Å². The molecule has 28 heavy (non-hydrogen) atoms. The van der Waals surface area contributed by atoms with Crippen molar-refractivity contribution >= 4 is 10.9 Å². The van der Waals surface area contributed by atoms with Crippen molar-refractivity contribution in [1.29, 1.82) is 0 Å². The highest BCUT2D eigenvalue weighted by atomic mass is 16.5. The highest BCUT2D eigenvalue weighted by Gasteiger charge is 2.30. The van der Waals surface area contributed by atoms with E-state index < -0.39 is 0 Å². The number of fused-ring (bicyclic) bond motifs is 1. The van der Waals surface area contributed by atoms with Gasteiger partial charge >= 0.3 is 6.01 Å². The topological polar surface area (TPSA) is 93.4 Å². The van der Waals surface area contributed by atoms with Gasteiger partial charge in [-0.05, 0) is 37.6 Å².